The Balaban J connectivity index is 2.27. The third kappa shape index (κ3) is 3.72. The van der Waals surface area contributed by atoms with Crippen LogP contribution in [0.5, 0.6) is 0 Å². The third-order valence-electron chi connectivity index (χ3n) is 3.62. The summed E-state index contributed by atoms with van der Waals surface area (Å²) in [6.07, 6.45) is 0.408. The number of hydrogen-bond donors (Lipinski definition) is 2. The molecule has 0 spiro atoms. The second kappa shape index (κ2) is 6.70. The minimum absolute atomic E-state index is 0.190. The van der Waals surface area contributed by atoms with Gasteiger partial charge >= 0.3 is 5.97 Å². The lowest BCUT2D eigenvalue weighted by Gasteiger charge is -2.15. The Bertz CT molecular complexity index is 730. The molecule has 6 nitrogen and oxygen atoms in total. The van der Waals surface area contributed by atoms with Gasteiger partial charge in [-0.05, 0) is 24.3 Å². The van der Waals surface area contributed by atoms with Crippen LogP contribution in [0, 0.1) is 5.92 Å². The molecule has 23 heavy (non-hydrogen) atoms. The molecule has 0 saturated carbocycles. The molecule has 7 heteroatoms. The van der Waals surface area contributed by atoms with Gasteiger partial charge in [0.25, 0.3) is 5.91 Å². The number of carboxylic acids is 1. The lowest BCUT2D eigenvalue weighted by Crippen LogP contribution is -2.41. The summed E-state index contributed by atoms with van der Waals surface area (Å²) in [5, 5.41) is 17.3. The van der Waals surface area contributed by atoms with Gasteiger partial charge in [-0.15, -0.1) is 11.3 Å². The Labute approximate surface area is 139 Å². The van der Waals surface area contributed by atoms with Crippen LogP contribution in [0.15, 0.2) is 6.07 Å². The maximum absolute atomic E-state index is 12.4. The van der Waals surface area contributed by atoms with Gasteiger partial charge < -0.3 is 10.4 Å². The highest BCUT2D eigenvalue weighted by atomic mass is 32.1. The van der Waals surface area contributed by atoms with E-state index in [4.69, 9.17) is 0 Å². The summed E-state index contributed by atoms with van der Waals surface area (Å²) in [4.78, 5) is 25.1. The Morgan fingerprint density at radius 1 is 1.35 bits per heavy atom. The number of carbonyl (C=O) groups excluding carboxylic acids is 1. The average Bonchev–Trinajstić information content (AvgIpc) is 2.98. The van der Waals surface area contributed by atoms with E-state index in [1.807, 2.05) is 27.0 Å². The topological polar surface area (TPSA) is 84.2 Å². The zero-order valence-electron chi connectivity index (χ0n) is 14.1. The van der Waals surface area contributed by atoms with Crippen molar-refractivity contribution in [3.63, 3.8) is 0 Å². The second-order valence-electron chi connectivity index (χ2n) is 6.49. The molecule has 0 aliphatic heterocycles. The van der Waals surface area contributed by atoms with Crippen molar-refractivity contribution in [2.24, 2.45) is 13.0 Å². The van der Waals surface area contributed by atoms with Crippen molar-refractivity contribution in [1.82, 2.24) is 15.1 Å². The number of hydrogen-bond acceptors (Lipinski definition) is 4. The van der Waals surface area contributed by atoms with E-state index < -0.39 is 12.0 Å². The normalized spacial score (nSPS) is 13.0. The van der Waals surface area contributed by atoms with E-state index in [-0.39, 0.29) is 17.7 Å². The van der Waals surface area contributed by atoms with Gasteiger partial charge in [0.05, 0.1) is 10.6 Å². The highest BCUT2D eigenvalue weighted by Crippen LogP contribution is 2.31. The smallest absolute Gasteiger partial charge is 0.326 e. The number of carbonyl (C=O) groups is 2. The van der Waals surface area contributed by atoms with Crippen LogP contribution in [0.3, 0.4) is 0 Å². The Morgan fingerprint density at radius 2 is 2.00 bits per heavy atom. The van der Waals surface area contributed by atoms with Gasteiger partial charge in [-0.3, -0.25) is 9.48 Å². The molecule has 0 aromatic carbocycles. The highest BCUT2D eigenvalue weighted by Gasteiger charge is 2.24. The largest absolute Gasteiger partial charge is 0.480 e. The molecule has 0 aliphatic rings. The SMILES string of the molecule is CC(C)CC(NC(=O)c1cc2c(C(C)C)nn(C)c2s1)C(=O)O. The van der Waals surface area contributed by atoms with Gasteiger partial charge in [-0.2, -0.15) is 5.10 Å². The summed E-state index contributed by atoms with van der Waals surface area (Å²) in [6.45, 7) is 7.98. The van der Waals surface area contributed by atoms with Crippen LogP contribution < -0.4 is 5.32 Å². The van der Waals surface area contributed by atoms with Crippen LogP contribution >= 0.6 is 11.3 Å². The number of nitrogens with zero attached hydrogens (tertiary/aromatic N) is 2. The molecule has 0 radical (unpaired) electrons. The number of fused-ring (bicyclic) bond motifs is 1. The number of aryl methyl sites for hydroxylation is 1. The van der Waals surface area contributed by atoms with Gasteiger partial charge in [0, 0.05) is 12.4 Å². The molecule has 1 amide bonds. The first-order chi connectivity index (χ1) is 10.7. The fourth-order valence-corrected chi connectivity index (χ4v) is 3.51. The zero-order chi connectivity index (χ0) is 17.3. The monoisotopic (exact) mass is 337 g/mol. The van der Waals surface area contributed by atoms with Crippen molar-refractivity contribution in [2.45, 2.75) is 46.1 Å². The number of amides is 1. The average molecular weight is 337 g/mol. The quantitative estimate of drug-likeness (QED) is 0.849. The maximum atomic E-state index is 12.4. The van der Waals surface area contributed by atoms with Crippen LogP contribution in [-0.4, -0.2) is 32.8 Å². The minimum Gasteiger partial charge on any atom is -0.480 e. The number of carboxylic acid groups (broad SMARTS) is 1. The zero-order valence-corrected chi connectivity index (χ0v) is 14.9. The Morgan fingerprint density at radius 3 is 2.52 bits per heavy atom. The van der Waals surface area contributed by atoms with Crippen LogP contribution in [0.1, 0.15) is 55.4 Å². The molecule has 2 aromatic heterocycles. The van der Waals surface area contributed by atoms with E-state index in [1.165, 1.54) is 11.3 Å². The summed E-state index contributed by atoms with van der Waals surface area (Å²) in [5.74, 6) is -0.890. The van der Waals surface area contributed by atoms with E-state index in [1.54, 1.807) is 4.68 Å². The molecule has 0 aliphatic carbocycles. The van der Waals surface area contributed by atoms with Crippen LogP contribution in [0.25, 0.3) is 10.2 Å². The molecule has 2 N–H and O–H groups in total. The summed E-state index contributed by atoms with van der Waals surface area (Å²) in [6, 6.07) is 0.946. The van der Waals surface area contributed by atoms with Crippen molar-refractivity contribution in [2.75, 3.05) is 0 Å². The first-order valence-corrected chi connectivity index (χ1v) is 8.52. The van der Waals surface area contributed by atoms with E-state index in [0.717, 1.165) is 15.9 Å². The lowest BCUT2D eigenvalue weighted by molar-refractivity contribution is -0.139. The molecule has 1 unspecified atom stereocenters. The second-order valence-corrected chi connectivity index (χ2v) is 7.52. The van der Waals surface area contributed by atoms with E-state index in [2.05, 4.69) is 24.3 Å². The first kappa shape index (κ1) is 17.5. The molecule has 2 aromatic rings. The van der Waals surface area contributed by atoms with Crippen molar-refractivity contribution >= 4 is 33.4 Å². The fourth-order valence-electron chi connectivity index (χ4n) is 2.53. The number of aromatic nitrogens is 2. The standard InChI is InChI=1S/C16H23N3O3S/c1-8(2)6-11(16(21)22)17-14(20)12-7-10-13(9(3)4)18-19(5)15(10)23-12/h7-9,11H,6H2,1-5H3,(H,17,20)(H,21,22). The summed E-state index contributed by atoms with van der Waals surface area (Å²) in [5.41, 5.74) is 0.953. The number of rotatable bonds is 6. The molecule has 0 saturated heterocycles. The number of thiophene rings is 1. The van der Waals surface area contributed by atoms with Crippen LogP contribution in [0.4, 0.5) is 0 Å². The van der Waals surface area contributed by atoms with E-state index >= 15 is 0 Å². The predicted octanol–water partition coefficient (Wildman–Crippen LogP) is 2.99. The molecule has 2 rings (SSSR count). The van der Waals surface area contributed by atoms with Crippen molar-refractivity contribution in [3.05, 3.63) is 16.6 Å². The number of nitrogens with one attached hydrogen (secondary N) is 1. The van der Waals surface area contributed by atoms with Gasteiger partial charge in [0.15, 0.2) is 0 Å². The summed E-state index contributed by atoms with van der Waals surface area (Å²) in [7, 11) is 1.85. The summed E-state index contributed by atoms with van der Waals surface area (Å²) < 4.78 is 1.77. The van der Waals surface area contributed by atoms with Gasteiger partial charge in [-0.1, -0.05) is 27.7 Å². The number of aliphatic carboxylic acids is 1. The van der Waals surface area contributed by atoms with E-state index in [9.17, 15) is 14.7 Å². The molecule has 0 fully saturated rings. The van der Waals surface area contributed by atoms with Crippen LogP contribution in [0.2, 0.25) is 0 Å². The molecule has 1 atom stereocenters. The Kier molecular flexibility index (Phi) is 5.09. The van der Waals surface area contributed by atoms with Crippen molar-refractivity contribution < 1.29 is 14.7 Å². The molecule has 126 valence electrons. The first-order valence-electron chi connectivity index (χ1n) is 7.70. The summed E-state index contributed by atoms with van der Waals surface area (Å²) >= 11 is 1.34. The van der Waals surface area contributed by atoms with Crippen LogP contribution in [-0.2, 0) is 11.8 Å². The minimum atomic E-state index is -1.00. The third-order valence-corrected chi connectivity index (χ3v) is 4.82. The molecule has 2 heterocycles. The van der Waals surface area contributed by atoms with Crippen molar-refractivity contribution in [1.29, 1.82) is 0 Å². The highest BCUT2D eigenvalue weighted by molar-refractivity contribution is 7.20. The van der Waals surface area contributed by atoms with Gasteiger partial charge in [-0.25, -0.2) is 4.79 Å². The van der Waals surface area contributed by atoms with Gasteiger partial charge in [0.2, 0.25) is 0 Å². The van der Waals surface area contributed by atoms with Crippen molar-refractivity contribution in [3.8, 4) is 0 Å². The Hall–Kier alpha value is -1.89. The maximum Gasteiger partial charge on any atom is 0.326 e. The van der Waals surface area contributed by atoms with E-state index in [0.29, 0.717) is 11.3 Å². The molecule has 0 bridgehead atoms. The molecular formula is C16H23N3O3S. The predicted molar refractivity (Wildman–Crippen MR) is 91.0 cm³/mol. The lowest BCUT2D eigenvalue weighted by atomic mass is 10.0. The van der Waals surface area contributed by atoms with Gasteiger partial charge in [0.1, 0.15) is 10.9 Å². The molecular weight excluding hydrogens is 314 g/mol. The fraction of sp³-hybridized carbons (Fsp3) is 0.562.